The molecule has 1 fully saturated rings. The number of hydrogen-bond acceptors (Lipinski definition) is 4. The number of fused-ring (bicyclic) bond motifs is 2. The molecule has 1 amide bonds. The lowest BCUT2D eigenvalue weighted by Gasteiger charge is -2.35. The molecule has 1 atom stereocenters. The van der Waals surface area contributed by atoms with Gasteiger partial charge in [-0.05, 0) is 85.6 Å². The summed E-state index contributed by atoms with van der Waals surface area (Å²) in [6, 6.07) is 15.1. The van der Waals surface area contributed by atoms with E-state index in [9.17, 15) is 9.59 Å². The first-order valence-corrected chi connectivity index (χ1v) is 13.5. The van der Waals surface area contributed by atoms with Crippen molar-refractivity contribution < 1.29 is 18.7 Å². The second-order valence-corrected chi connectivity index (χ2v) is 10.3. The summed E-state index contributed by atoms with van der Waals surface area (Å²) in [4.78, 5) is 32.1. The third-order valence-electron chi connectivity index (χ3n) is 7.67. The summed E-state index contributed by atoms with van der Waals surface area (Å²) in [6.45, 7) is 4.77. The minimum absolute atomic E-state index is 0.0000246. The van der Waals surface area contributed by atoms with Crippen LogP contribution < -0.4 is 0 Å². The summed E-state index contributed by atoms with van der Waals surface area (Å²) in [5, 5.41) is 0. The van der Waals surface area contributed by atoms with Gasteiger partial charge in [-0.25, -0.2) is 14.2 Å². The van der Waals surface area contributed by atoms with Gasteiger partial charge in [-0.15, -0.1) is 0 Å². The van der Waals surface area contributed by atoms with E-state index in [1.54, 1.807) is 25.3 Å². The van der Waals surface area contributed by atoms with Gasteiger partial charge in [0.25, 0.3) is 5.91 Å². The van der Waals surface area contributed by atoms with Crippen molar-refractivity contribution in [2.75, 3.05) is 13.2 Å². The van der Waals surface area contributed by atoms with E-state index in [0.717, 1.165) is 30.5 Å². The number of esters is 1. The number of amides is 1. The van der Waals surface area contributed by atoms with Crippen LogP contribution in [-0.2, 0) is 16.0 Å². The van der Waals surface area contributed by atoms with Crippen LogP contribution in [0.1, 0.15) is 71.3 Å². The van der Waals surface area contributed by atoms with Gasteiger partial charge in [0.2, 0.25) is 0 Å². The van der Waals surface area contributed by atoms with E-state index in [0.29, 0.717) is 34.8 Å². The van der Waals surface area contributed by atoms with E-state index >= 15 is 4.39 Å². The van der Waals surface area contributed by atoms with Gasteiger partial charge in [-0.2, -0.15) is 0 Å². The molecule has 0 bridgehead atoms. The minimum Gasteiger partial charge on any atom is -0.463 e. The lowest BCUT2D eigenvalue weighted by molar-refractivity contribution is -0.137. The molecule has 198 valence electrons. The minimum atomic E-state index is -0.469. The molecule has 3 heterocycles. The maximum Gasteiger partial charge on any atom is 0.330 e. The highest BCUT2D eigenvalue weighted by atomic mass is 19.1. The first kappa shape index (κ1) is 25.0. The van der Waals surface area contributed by atoms with Gasteiger partial charge in [0.05, 0.1) is 23.9 Å². The van der Waals surface area contributed by atoms with Crippen LogP contribution in [0.25, 0.3) is 23.0 Å². The fraction of sp³-hybridized carbons (Fsp3) is 0.281. The predicted octanol–water partition coefficient (Wildman–Crippen LogP) is 6.35. The van der Waals surface area contributed by atoms with Crippen molar-refractivity contribution in [3.05, 3.63) is 101 Å². The SMILES string of the molecule is CCOC(=O)/C=C/c1ccc(-c2cn3cc(C(=O)N4CCc5ccccc5[C@H]4C)cc(C4CC4)c3n2)c(F)c1. The third-order valence-corrected chi connectivity index (χ3v) is 7.67. The van der Waals surface area contributed by atoms with Crippen molar-refractivity contribution in [1.82, 2.24) is 14.3 Å². The van der Waals surface area contributed by atoms with Gasteiger partial charge in [-0.3, -0.25) is 4.79 Å². The molecule has 0 N–H and O–H groups in total. The van der Waals surface area contributed by atoms with Crippen LogP contribution in [0.3, 0.4) is 0 Å². The lowest BCUT2D eigenvalue weighted by atomic mass is 9.93. The van der Waals surface area contributed by atoms with Gasteiger partial charge < -0.3 is 14.0 Å². The number of benzene rings is 2. The number of ether oxygens (including phenoxy) is 1. The number of halogens is 1. The number of carbonyl (C=O) groups is 2. The number of aromatic nitrogens is 2. The summed E-state index contributed by atoms with van der Waals surface area (Å²) >= 11 is 0. The highest BCUT2D eigenvalue weighted by molar-refractivity contribution is 5.95. The Bertz CT molecular complexity index is 1620. The first-order valence-electron chi connectivity index (χ1n) is 13.5. The summed E-state index contributed by atoms with van der Waals surface area (Å²) in [7, 11) is 0. The Balaban J connectivity index is 1.32. The van der Waals surface area contributed by atoms with Crippen molar-refractivity contribution in [1.29, 1.82) is 0 Å². The molecular formula is C32H30FN3O3. The van der Waals surface area contributed by atoms with Crippen molar-refractivity contribution in [3.63, 3.8) is 0 Å². The molecule has 7 heteroatoms. The van der Waals surface area contributed by atoms with Crippen molar-refractivity contribution in [2.24, 2.45) is 0 Å². The zero-order valence-corrected chi connectivity index (χ0v) is 22.1. The Morgan fingerprint density at radius 1 is 1.10 bits per heavy atom. The molecule has 1 aliphatic heterocycles. The van der Waals surface area contributed by atoms with Crippen molar-refractivity contribution in [2.45, 2.75) is 45.1 Å². The molecule has 2 aliphatic rings. The average Bonchev–Trinajstić information content (AvgIpc) is 3.70. The molecule has 1 aliphatic carbocycles. The Morgan fingerprint density at radius 3 is 2.69 bits per heavy atom. The van der Waals surface area contributed by atoms with Crippen LogP contribution in [0.2, 0.25) is 0 Å². The molecular weight excluding hydrogens is 493 g/mol. The number of rotatable bonds is 6. The van der Waals surface area contributed by atoms with E-state index in [4.69, 9.17) is 9.72 Å². The topological polar surface area (TPSA) is 63.9 Å². The van der Waals surface area contributed by atoms with E-state index in [1.165, 1.54) is 29.3 Å². The lowest BCUT2D eigenvalue weighted by Crippen LogP contribution is -2.39. The van der Waals surface area contributed by atoms with E-state index in [1.807, 2.05) is 33.7 Å². The molecule has 0 radical (unpaired) electrons. The summed E-state index contributed by atoms with van der Waals surface area (Å²) in [6.07, 6.45) is 9.37. The Hall–Kier alpha value is -4.26. The Morgan fingerprint density at radius 2 is 1.92 bits per heavy atom. The van der Waals surface area contributed by atoms with Gasteiger partial charge in [0.15, 0.2) is 0 Å². The first-order chi connectivity index (χ1) is 18.9. The number of carbonyl (C=O) groups excluding carboxylic acids is 2. The Kier molecular flexibility index (Phi) is 6.51. The highest BCUT2D eigenvalue weighted by Crippen LogP contribution is 2.43. The van der Waals surface area contributed by atoms with E-state index < -0.39 is 11.8 Å². The van der Waals surface area contributed by atoms with Gasteiger partial charge in [-0.1, -0.05) is 30.3 Å². The summed E-state index contributed by atoms with van der Waals surface area (Å²) in [5.41, 5.74) is 6.33. The zero-order valence-electron chi connectivity index (χ0n) is 22.1. The quantitative estimate of drug-likeness (QED) is 0.218. The highest BCUT2D eigenvalue weighted by Gasteiger charge is 2.32. The fourth-order valence-corrected chi connectivity index (χ4v) is 5.48. The van der Waals surface area contributed by atoms with Crippen LogP contribution in [0.5, 0.6) is 0 Å². The second-order valence-electron chi connectivity index (χ2n) is 10.3. The fourth-order valence-electron chi connectivity index (χ4n) is 5.48. The average molecular weight is 524 g/mol. The predicted molar refractivity (Wildman–Crippen MR) is 148 cm³/mol. The van der Waals surface area contributed by atoms with Crippen molar-refractivity contribution in [3.8, 4) is 11.3 Å². The number of pyridine rings is 1. The van der Waals surface area contributed by atoms with Crippen LogP contribution in [-0.4, -0.2) is 39.3 Å². The molecule has 0 unspecified atom stereocenters. The molecule has 39 heavy (non-hydrogen) atoms. The van der Waals surface area contributed by atoms with Gasteiger partial charge in [0, 0.05) is 30.6 Å². The van der Waals surface area contributed by atoms with E-state index in [-0.39, 0.29) is 18.6 Å². The van der Waals surface area contributed by atoms with Crippen LogP contribution in [0.4, 0.5) is 4.39 Å². The molecule has 1 saturated carbocycles. The third kappa shape index (κ3) is 4.85. The number of imidazole rings is 1. The van der Waals surface area contributed by atoms with Crippen LogP contribution in [0.15, 0.2) is 67.0 Å². The van der Waals surface area contributed by atoms with E-state index in [2.05, 4.69) is 19.1 Å². The molecule has 2 aromatic heterocycles. The van der Waals surface area contributed by atoms with Crippen LogP contribution in [0, 0.1) is 5.82 Å². The summed E-state index contributed by atoms with van der Waals surface area (Å²) in [5.74, 6) is -0.548. The normalized spacial score (nSPS) is 17.0. The molecule has 0 spiro atoms. The number of hydrogen-bond donors (Lipinski definition) is 0. The molecule has 6 rings (SSSR count). The largest absolute Gasteiger partial charge is 0.463 e. The monoisotopic (exact) mass is 523 g/mol. The standard InChI is InChI=1S/C32H30FN3O3/c1-3-39-30(37)13-9-21-8-12-26(28(33)16-21)29-19-35-18-24(17-27(23-10-11-23)31(35)34-29)32(38)36-15-14-22-6-4-5-7-25(22)20(36)2/h4-9,12-13,16-20,23H,3,10-11,14-15H2,1-2H3/b13-9+/t20-/m1/s1. The van der Waals surface area contributed by atoms with Gasteiger partial charge in [0.1, 0.15) is 11.5 Å². The molecule has 0 saturated heterocycles. The second kappa shape index (κ2) is 10.1. The molecule has 4 aromatic rings. The van der Waals surface area contributed by atoms with Gasteiger partial charge >= 0.3 is 5.97 Å². The van der Waals surface area contributed by atoms with Crippen LogP contribution >= 0.6 is 0 Å². The molecule has 6 nitrogen and oxygen atoms in total. The Labute approximate surface area is 226 Å². The van der Waals surface area contributed by atoms with Crippen molar-refractivity contribution >= 4 is 23.6 Å². The smallest absolute Gasteiger partial charge is 0.330 e. The maximum atomic E-state index is 15.2. The molecule has 2 aromatic carbocycles. The summed E-state index contributed by atoms with van der Waals surface area (Å²) < 4.78 is 21.9. The zero-order chi connectivity index (χ0) is 27.1. The number of nitrogens with zero attached hydrogens (tertiary/aromatic N) is 3. The maximum absolute atomic E-state index is 15.2.